The molecule has 2 aliphatic rings. The lowest BCUT2D eigenvalue weighted by atomic mass is 9.63. The van der Waals surface area contributed by atoms with E-state index in [1.165, 1.54) is 32.1 Å². The van der Waals surface area contributed by atoms with Crippen LogP contribution in [-0.2, 0) is 0 Å². The van der Waals surface area contributed by atoms with Crippen LogP contribution in [0.25, 0.3) is 5.65 Å². The van der Waals surface area contributed by atoms with Crippen molar-refractivity contribution in [3.05, 3.63) is 46.8 Å². The van der Waals surface area contributed by atoms with Gasteiger partial charge in [-0.25, -0.2) is 9.97 Å². The number of fused-ring (bicyclic) bond motifs is 1. The highest BCUT2D eigenvalue weighted by atomic mass is 35.5. The zero-order valence-corrected chi connectivity index (χ0v) is 17.2. The Labute approximate surface area is 172 Å². The molecule has 0 bridgehead atoms. The van der Waals surface area contributed by atoms with Crippen LogP contribution < -0.4 is 4.90 Å². The number of hydrogen-bond acceptors (Lipinski definition) is 4. The topological polar surface area (TPSA) is 33.4 Å². The normalized spacial score (nSPS) is 18.8. The fraction of sp³-hybridized carbons (Fsp3) is 0.400. The van der Waals surface area contributed by atoms with Crippen LogP contribution in [-0.4, -0.2) is 27.5 Å². The van der Waals surface area contributed by atoms with E-state index in [1.807, 2.05) is 30.7 Å². The van der Waals surface area contributed by atoms with Crippen molar-refractivity contribution >= 4 is 46.6 Å². The molecule has 0 amide bonds. The average Bonchev–Trinajstić information content (AvgIpc) is 3.15. The largest absolute Gasteiger partial charge is 0.342 e. The van der Waals surface area contributed by atoms with E-state index >= 15 is 0 Å². The first kappa shape index (κ1) is 17.7. The number of anilines is 1. The maximum atomic E-state index is 6.36. The molecule has 4 nitrogen and oxygen atoms in total. The van der Waals surface area contributed by atoms with E-state index in [-0.39, 0.29) is 0 Å². The van der Waals surface area contributed by atoms with Crippen LogP contribution >= 0.6 is 35.0 Å². The number of halogens is 2. The van der Waals surface area contributed by atoms with Crippen LogP contribution in [0.4, 0.5) is 5.95 Å². The maximum absolute atomic E-state index is 6.36. The van der Waals surface area contributed by atoms with E-state index in [2.05, 4.69) is 14.3 Å². The van der Waals surface area contributed by atoms with Gasteiger partial charge in [-0.05, 0) is 43.2 Å². The third-order valence-corrected chi connectivity index (χ3v) is 8.03. The third-order valence-electron chi connectivity index (χ3n) is 6.03. The van der Waals surface area contributed by atoms with Gasteiger partial charge in [0.1, 0.15) is 0 Å². The highest BCUT2D eigenvalue weighted by Crippen LogP contribution is 2.49. The third kappa shape index (κ3) is 3.10. The lowest BCUT2D eigenvalue weighted by Crippen LogP contribution is -2.44. The highest BCUT2D eigenvalue weighted by Gasteiger charge is 2.40. The summed E-state index contributed by atoms with van der Waals surface area (Å²) >= 11 is 14.1. The Kier molecular flexibility index (Phi) is 4.49. The Hall–Kier alpha value is -1.43. The molecule has 7 heteroatoms. The molecular weight excluding hydrogens is 399 g/mol. The fourth-order valence-corrected chi connectivity index (χ4v) is 5.63. The number of hydrogen-bond donors (Lipinski definition) is 0. The van der Waals surface area contributed by atoms with Gasteiger partial charge in [0.15, 0.2) is 5.65 Å². The molecule has 1 aliphatic carbocycles. The molecule has 2 aromatic heterocycles. The second-order valence-corrected chi connectivity index (χ2v) is 9.41. The monoisotopic (exact) mass is 418 g/mol. The highest BCUT2D eigenvalue weighted by molar-refractivity contribution is 7.99. The summed E-state index contributed by atoms with van der Waals surface area (Å²) in [6, 6.07) is 5.67. The summed E-state index contributed by atoms with van der Waals surface area (Å²) < 4.78 is 2.10. The molecule has 1 aliphatic heterocycles. The second kappa shape index (κ2) is 6.87. The minimum atomic E-state index is 0.559. The summed E-state index contributed by atoms with van der Waals surface area (Å²) in [4.78, 5) is 13.7. The molecule has 1 aromatic carbocycles. The van der Waals surface area contributed by atoms with Gasteiger partial charge in [-0.15, -0.1) is 0 Å². The molecule has 27 heavy (non-hydrogen) atoms. The van der Waals surface area contributed by atoms with Gasteiger partial charge >= 0.3 is 0 Å². The number of piperidine rings is 1. The van der Waals surface area contributed by atoms with Gasteiger partial charge in [0.05, 0.1) is 14.9 Å². The molecule has 1 saturated heterocycles. The maximum Gasteiger partial charge on any atom is 0.211 e. The summed E-state index contributed by atoms with van der Waals surface area (Å²) in [6.45, 7) is 2.15. The molecule has 1 spiro atoms. The van der Waals surface area contributed by atoms with Crippen molar-refractivity contribution in [2.24, 2.45) is 5.41 Å². The number of rotatable bonds is 3. The molecule has 0 N–H and O–H groups in total. The van der Waals surface area contributed by atoms with Crippen molar-refractivity contribution in [1.82, 2.24) is 14.4 Å². The summed E-state index contributed by atoms with van der Waals surface area (Å²) in [5.74, 6) is 0.984. The van der Waals surface area contributed by atoms with Gasteiger partial charge in [0, 0.05) is 36.6 Å². The predicted molar refractivity (Wildman–Crippen MR) is 111 cm³/mol. The molecule has 0 unspecified atom stereocenters. The number of aromatic nitrogens is 3. The van der Waals surface area contributed by atoms with E-state index < -0.39 is 0 Å². The summed E-state index contributed by atoms with van der Waals surface area (Å²) in [7, 11) is 0. The molecular formula is C20H20Cl2N4S. The summed E-state index contributed by atoms with van der Waals surface area (Å²) in [6.07, 6.45) is 12.5. The molecule has 0 atom stereocenters. The van der Waals surface area contributed by atoms with Crippen LogP contribution in [0.3, 0.4) is 0 Å². The zero-order chi connectivity index (χ0) is 18.4. The van der Waals surface area contributed by atoms with Gasteiger partial charge in [-0.2, -0.15) is 0 Å². The summed E-state index contributed by atoms with van der Waals surface area (Å²) in [5.41, 5.74) is 1.54. The van der Waals surface area contributed by atoms with Crippen molar-refractivity contribution < 1.29 is 0 Å². The van der Waals surface area contributed by atoms with Crippen LogP contribution in [0, 0.1) is 5.41 Å². The van der Waals surface area contributed by atoms with Crippen LogP contribution in [0.1, 0.15) is 32.1 Å². The van der Waals surface area contributed by atoms with Crippen LogP contribution in [0.15, 0.2) is 46.6 Å². The Morgan fingerprint density at radius 3 is 2.56 bits per heavy atom. The number of imidazole rings is 1. The van der Waals surface area contributed by atoms with Crippen LogP contribution in [0.2, 0.25) is 10.0 Å². The van der Waals surface area contributed by atoms with Crippen molar-refractivity contribution in [1.29, 1.82) is 0 Å². The molecule has 3 heterocycles. The molecule has 1 saturated carbocycles. The van der Waals surface area contributed by atoms with E-state index in [0.29, 0.717) is 15.5 Å². The SMILES string of the molecule is Clc1cccc(Sc2cnc(N3CCC4(CCC4)CC3)n3ccnc23)c1Cl. The first-order valence-corrected chi connectivity index (χ1v) is 10.9. The Bertz CT molecular complexity index is 989. The van der Waals surface area contributed by atoms with Gasteiger partial charge in [0.2, 0.25) is 5.95 Å². The lowest BCUT2D eigenvalue weighted by Gasteiger charge is -2.48. The van der Waals surface area contributed by atoms with Gasteiger partial charge in [-0.1, -0.05) is 47.5 Å². The Balaban J connectivity index is 1.44. The standard InChI is InChI=1S/C20H20Cl2N4S/c21-14-3-1-4-15(17(14)22)27-16-13-24-19(26-12-9-23-18(16)26)25-10-7-20(8-11-25)5-2-6-20/h1,3-4,9,12-13H,2,5-8,10-11H2. The predicted octanol–water partition coefficient (Wildman–Crippen LogP) is 5.96. The minimum absolute atomic E-state index is 0.559. The van der Waals surface area contributed by atoms with Crippen molar-refractivity contribution in [3.63, 3.8) is 0 Å². The van der Waals surface area contributed by atoms with Crippen molar-refractivity contribution in [3.8, 4) is 0 Å². The molecule has 3 aromatic rings. The van der Waals surface area contributed by atoms with Gasteiger partial charge < -0.3 is 4.90 Å². The molecule has 5 rings (SSSR count). The van der Waals surface area contributed by atoms with E-state index in [9.17, 15) is 0 Å². The molecule has 140 valence electrons. The lowest BCUT2D eigenvalue weighted by molar-refractivity contribution is 0.0950. The molecule has 2 fully saturated rings. The first-order valence-electron chi connectivity index (χ1n) is 9.34. The number of nitrogens with zero attached hydrogens (tertiary/aromatic N) is 4. The second-order valence-electron chi connectivity index (χ2n) is 7.54. The first-order chi connectivity index (χ1) is 13.2. The van der Waals surface area contributed by atoms with E-state index in [4.69, 9.17) is 28.2 Å². The van der Waals surface area contributed by atoms with Crippen molar-refractivity contribution in [2.75, 3.05) is 18.0 Å². The smallest absolute Gasteiger partial charge is 0.211 e. The fourth-order valence-electron chi connectivity index (χ4n) is 4.23. The van der Waals surface area contributed by atoms with E-state index in [1.54, 1.807) is 17.8 Å². The Morgan fingerprint density at radius 2 is 1.81 bits per heavy atom. The van der Waals surface area contributed by atoms with E-state index in [0.717, 1.165) is 34.5 Å². The van der Waals surface area contributed by atoms with Crippen molar-refractivity contribution in [2.45, 2.75) is 41.9 Å². The summed E-state index contributed by atoms with van der Waals surface area (Å²) in [5, 5.41) is 1.13. The number of benzene rings is 1. The average molecular weight is 419 g/mol. The minimum Gasteiger partial charge on any atom is -0.342 e. The zero-order valence-electron chi connectivity index (χ0n) is 14.9. The van der Waals surface area contributed by atoms with Gasteiger partial charge in [0.25, 0.3) is 0 Å². The van der Waals surface area contributed by atoms with Gasteiger partial charge in [-0.3, -0.25) is 4.40 Å². The molecule has 0 radical (unpaired) electrons. The Morgan fingerprint density at radius 1 is 1.00 bits per heavy atom. The quantitative estimate of drug-likeness (QED) is 0.525. The van der Waals surface area contributed by atoms with Crippen LogP contribution in [0.5, 0.6) is 0 Å².